The van der Waals surface area contributed by atoms with Gasteiger partial charge in [-0.3, -0.25) is 0 Å². The Balaban J connectivity index is 2.96. The number of aryl methyl sites for hydroxylation is 1. The van der Waals surface area contributed by atoms with Gasteiger partial charge in [-0.15, -0.1) is 17.8 Å². The van der Waals surface area contributed by atoms with Crippen LogP contribution < -0.4 is 5.32 Å². The second-order valence-electron chi connectivity index (χ2n) is 4.48. The van der Waals surface area contributed by atoms with Gasteiger partial charge in [-0.05, 0) is 31.5 Å². The minimum absolute atomic E-state index is 0.110. The fourth-order valence-corrected chi connectivity index (χ4v) is 4.84. The van der Waals surface area contributed by atoms with E-state index in [2.05, 4.69) is 18.2 Å². The van der Waals surface area contributed by atoms with Crippen molar-refractivity contribution < 1.29 is 8.42 Å². The summed E-state index contributed by atoms with van der Waals surface area (Å²) in [5.74, 6) is 2.40. The summed E-state index contributed by atoms with van der Waals surface area (Å²) in [4.78, 5) is 1.06. The van der Waals surface area contributed by atoms with Crippen LogP contribution in [-0.4, -0.2) is 32.4 Å². The number of rotatable bonds is 8. The largest absolute Gasteiger partial charge is 0.312 e. The molecule has 0 fully saturated rings. The molecule has 20 heavy (non-hydrogen) atoms. The maximum absolute atomic E-state index is 12.5. The molecular weight excluding hydrogens is 292 g/mol. The van der Waals surface area contributed by atoms with E-state index in [1.165, 1.54) is 15.6 Å². The first-order chi connectivity index (χ1) is 9.47. The smallest absolute Gasteiger partial charge is 0.253 e. The molecular formula is C14H22N2O2S2. The van der Waals surface area contributed by atoms with Crippen molar-refractivity contribution in [1.29, 1.82) is 0 Å². The van der Waals surface area contributed by atoms with Crippen molar-refractivity contribution >= 4 is 21.4 Å². The standard InChI is InChI=1S/C14H22N2O2S2/c1-5-8-15-11-13-12(4)10-14(19-13)20(17,18)16(7-3)9-6-2/h2,10,15H,5,7-9,11H2,1,3-4H3. The van der Waals surface area contributed by atoms with E-state index in [9.17, 15) is 8.42 Å². The van der Waals surface area contributed by atoms with Crippen molar-refractivity contribution in [3.63, 3.8) is 0 Å². The van der Waals surface area contributed by atoms with Crippen LogP contribution in [0.3, 0.4) is 0 Å². The Kier molecular flexibility index (Phi) is 6.69. The third kappa shape index (κ3) is 4.06. The third-order valence-electron chi connectivity index (χ3n) is 2.92. The van der Waals surface area contributed by atoms with Gasteiger partial charge in [-0.25, -0.2) is 8.42 Å². The fraction of sp³-hybridized carbons (Fsp3) is 0.571. The van der Waals surface area contributed by atoms with E-state index in [-0.39, 0.29) is 6.54 Å². The van der Waals surface area contributed by atoms with Crippen LogP contribution in [0.5, 0.6) is 0 Å². The van der Waals surface area contributed by atoms with E-state index >= 15 is 0 Å². The summed E-state index contributed by atoms with van der Waals surface area (Å²) >= 11 is 1.33. The van der Waals surface area contributed by atoms with Gasteiger partial charge in [0.05, 0.1) is 6.54 Å². The van der Waals surface area contributed by atoms with Crippen LogP contribution >= 0.6 is 11.3 Å². The van der Waals surface area contributed by atoms with Gasteiger partial charge < -0.3 is 5.32 Å². The van der Waals surface area contributed by atoms with Gasteiger partial charge in [0.25, 0.3) is 10.0 Å². The molecule has 4 nitrogen and oxygen atoms in total. The SMILES string of the molecule is C#CCN(CC)S(=O)(=O)c1cc(C)c(CNCCC)s1. The quantitative estimate of drug-likeness (QED) is 0.591. The molecule has 6 heteroatoms. The van der Waals surface area contributed by atoms with E-state index in [1.807, 2.05) is 6.92 Å². The summed E-state index contributed by atoms with van der Waals surface area (Å²) in [5, 5.41) is 3.29. The number of thiophene rings is 1. The fourth-order valence-electron chi connectivity index (χ4n) is 1.77. The van der Waals surface area contributed by atoms with Crippen molar-refractivity contribution in [3.8, 4) is 12.3 Å². The molecule has 1 rings (SSSR count). The highest BCUT2D eigenvalue weighted by Crippen LogP contribution is 2.28. The van der Waals surface area contributed by atoms with Crippen LogP contribution in [0.15, 0.2) is 10.3 Å². The first-order valence-corrected chi connectivity index (χ1v) is 8.96. The minimum atomic E-state index is -3.46. The molecule has 0 unspecified atom stereocenters. The first kappa shape index (κ1) is 17.2. The Morgan fingerprint density at radius 3 is 2.70 bits per heavy atom. The maximum atomic E-state index is 12.5. The lowest BCUT2D eigenvalue weighted by atomic mass is 10.3. The van der Waals surface area contributed by atoms with Crippen LogP contribution in [0.1, 0.15) is 30.7 Å². The van der Waals surface area contributed by atoms with Crippen LogP contribution in [0, 0.1) is 19.3 Å². The average molecular weight is 314 g/mol. The molecule has 0 saturated heterocycles. The molecule has 0 spiro atoms. The van der Waals surface area contributed by atoms with Crippen molar-refractivity contribution in [3.05, 3.63) is 16.5 Å². The van der Waals surface area contributed by atoms with E-state index in [0.29, 0.717) is 17.3 Å². The number of hydrogen-bond donors (Lipinski definition) is 1. The van der Waals surface area contributed by atoms with E-state index in [1.54, 1.807) is 13.0 Å². The molecule has 1 heterocycles. The van der Waals surface area contributed by atoms with Gasteiger partial charge in [0.15, 0.2) is 0 Å². The van der Waals surface area contributed by atoms with Crippen molar-refractivity contribution in [2.75, 3.05) is 19.6 Å². The molecule has 0 saturated carbocycles. The lowest BCUT2D eigenvalue weighted by Crippen LogP contribution is -2.30. The number of sulfonamides is 1. The summed E-state index contributed by atoms with van der Waals surface area (Å²) in [6, 6.07) is 1.74. The first-order valence-electron chi connectivity index (χ1n) is 6.71. The van der Waals surface area contributed by atoms with Crippen LogP contribution in [-0.2, 0) is 16.6 Å². The predicted octanol–water partition coefficient (Wildman–Crippen LogP) is 2.20. The zero-order valence-electron chi connectivity index (χ0n) is 12.3. The van der Waals surface area contributed by atoms with E-state index in [4.69, 9.17) is 6.42 Å². The normalized spacial score (nSPS) is 11.8. The van der Waals surface area contributed by atoms with Gasteiger partial charge in [-0.1, -0.05) is 19.8 Å². The minimum Gasteiger partial charge on any atom is -0.312 e. The molecule has 0 aliphatic carbocycles. The molecule has 0 aliphatic heterocycles. The van der Waals surface area contributed by atoms with Crippen LogP contribution in [0.2, 0.25) is 0 Å². The number of terminal acetylenes is 1. The average Bonchev–Trinajstić information content (AvgIpc) is 2.78. The Labute approximate surface area is 126 Å². The number of hydrogen-bond acceptors (Lipinski definition) is 4. The summed E-state index contributed by atoms with van der Waals surface area (Å²) in [7, 11) is -3.46. The van der Waals surface area contributed by atoms with Gasteiger partial charge in [-0.2, -0.15) is 4.31 Å². The molecule has 1 aromatic rings. The summed E-state index contributed by atoms with van der Waals surface area (Å²) in [5.41, 5.74) is 1.01. The van der Waals surface area contributed by atoms with Crippen molar-refractivity contribution in [2.24, 2.45) is 0 Å². The molecule has 0 aliphatic rings. The molecule has 1 aromatic heterocycles. The topological polar surface area (TPSA) is 49.4 Å². The molecule has 112 valence electrons. The van der Waals surface area contributed by atoms with E-state index in [0.717, 1.165) is 23.4 Å². The van der Waals surface area contributed by atoms with Crippen molar-refractivity contribution in [1.82, 2.24) is 9.62 Å². The van der Waals surface area contributed by atoms with Crippen LogP contribution in [0.25, 0.3) is 0 Å². The number of nitrogens with zero attached hydrogens (tertiary/aromatic N) is 1. The summed E-state index contributed by atoms with van der Waals surface area (Å²) < 4.78 is 26.6. The highest BCUT2D eigenvalue weighted by molar-refractivity contribution is 7.91. The molecule has 0 aromatic carbocycles. The van der Waals surface area contributed by atoms with Gasteiger partial charge in [0.2, 0.25) is 0 Å². The molecule has 0 bridgehead atoms. The van der Waals surface area contributed by atoms with Crippen molar-refractivity contribution in [2.45, 2.75) is 37.9 Å². The lowest BCUT2D eigenvalue weighted by Gasteiger charge is -2.16. The van der Waals surface area contributed by atoms with E-state index < -0.39 is 10.0 Å². The highest BCUT2D eigenvalue weighted by atomic mass is 32.2. The number of nitrogens with one attached hydrogen (secondary N) is 1. The second kappa shape index (κ2) is 7.79. The monoisotopic (exact) mass is 314 g/mol. The van der Waals surface area contributed by atoms with Gasteiger partial charge >= 0.3 is 0 Å². The zero-order valence-corrected chi connectivity index (χ0v) is 13.9. The molecule has 0 amide bonds. The molecule has 1 N–H and O–H groups in total. The third-order valence-corrected chi connectivity index (χ3v) is 6.53. The lowest BCUT2D eigenvalue weighted by molar-refractivity contribution is 0.466. The summed E-state index contributed by atoms with van der Waals surface area (Å²) in [6.07, 6.45) is 6.29. The highest BCUT2D eigenvalue weighted by Gasteiger charge is 2.25. The van der Waals surface area contributed by atoms with Gasteiger partial charge in [0.1, 0.15) is 4.21 Å². The van der Waals surface area contributed by atoms with Crippen LogP contribution in [0.4, 0.5) is 0 Å². The Bertz CT molecular complexity index is 570. The predicted molar refractivity (Wildman–Crippen MR) is 84.3 cm³/mol. The Morgan fingerprint density at radius 1 is 1.45 bits per heavy atom. The Hall–Kier alpha value is -0.870. The Morgan fingerprint density at radius 2 is 2.15 bits per heavy atom. The molecule has 0 atom stereocenters. The second-order valence-corrected chi connectivity index (χ2v) is 7.79. The van der Waals surface area contributed by atoms with Gasteiger partial charge in [0, 0.05) is 18.0 Å². The molecule has 0 radical (unpaired) electrons. The summed E-state index contributed by atoms with van der Waals surface area (Å²) in [6.45, 7) is 7.96. The zero-order chi connectivity index (χ0) is 15.2. The maximum Gasteiger partial charge on any atom is 0.253 e.